The molecule has 1 amide bonds. The molecule has 138 valence electrons. The Balaban J connectivity index is 2.26. The predicted molar refractivity (Wildman–Crippen MR) is 84.8 cm³/mol. The molecule has 1 heterocycles. The fourth-order valence-corrected chi connectivity index (χ4v) is 1.86. The number of rotatable bonds is 7. The Labute approximate surface area is 145 Å². The van der Waals surface area contributed by atoms with Crippen LogP contribution < -0.4 is 17.2 Å². The Morgan fingerprint density at radius 3 is 2.42 bits per heavy atom. The number of ether oxygens (including phenoxy) is 1. The van der Waals surface area contributed by atoms with Crippen molar-refractivity contribution < 1.29 is 22.7 Å². The predicted octanol–water partition coefficient (Wildman–Crippen LogP) is 0.989. The minimum Gasteiger partial charge on any atom is -0.473 e. The van der Waals surface area contributed by atoms with E-state index in [1.807, 2.05) is 0 Å². The number of benzene rings is 1. The number of alkyl halides is 2. The van der Waals surface area contributed by atoms with E-state index >= 15 is 0 Å². The van der Waals surface area contributed by atoms with Crippen LogP contribution in [0, 0.1) is 5.82 Å². The molecule has 6 N–H and O–H groups in total. The maximum absolute atomic E-state index is 13.1. The zero-order valence-corrected chi connectivity index (χ0v) is 13.3. The molecule has 0 aliphatic heterocycles. The minimum atomic E-state index is -2.90. The van der Waals surface area contributed by atoms with Crippen LogP contribution in [-0.4, -0.2) is 20.9 Å². The van der Waals surface area contributed by atoms with Crippen LogP contribution in [0.15, 0.2) is 48.0 Å². The van der Waals surface area contributed by atoms with Gasteiger partial charge in [0, 0.05) is 0 Å². The standard InChI is InChI=1S/C15H15F3N6O2/c16-8-1-3-9(4-2-8)24-11(13(14(17)18)22-23-24)7-26-12(20)6-5-10(19)15(21)25/h1-6,14H,7,19-20H2,(H2,21,25). The number of carbonyl (C=O) groups excluding carboxylic acids is 1. The number of hydrogen-bond donors (Lipinski definition) is 3. The lowest BCUT2D eigenvalue weighted by Gasteiger charge is -2.10. The molecule has 26 heavy (non-hydrogen) atoms. The average molecular weight is 368 g/mol. The van der Waals surface area contributed by atoms with Crippen molar-refractivity contribution in [1.29, 1.82) is 0 Å². The first-order valence-corrected chi connectivity index (χ1v) is 7.13. The first-order chi connectivity index (χ1) is 12.3. The van der Waals surface area contributed by atoms with Gasteiger partial charge in [0.25, 0.3) is 12.3 Å². The Morgan fingerprint density at radius 1 is 1.19 bits per heavy atom. The summed E-state index contributed by atoms with van der Waals surface area (Å²) in [4.78, 5) is 10.8. The van der Waals surface area contributed by atoms with E-state index in [0.29, 0.717) is 5.69 Å². The quantitative estimate of drug-likeness (QED) is 0.379. The first kappa shape index (κ1) is 18.8. The summed E-state index contributed by atoms with van der Waals surface area (Å²) in [5.74, 6) is -1.55. The van der Waals surface area contributed by atoms with Gasteiger partial charge < -0.3 is 21.9 Å². The van der Waals surface area contributed by atoms with Crippen molar-refractivity contribution in [2.45, 2.75) is 13.0 Å². The molecule has 8 nitrogen and oxygen atoms in total. The topological polar surface area (TPSA) is 135 Å². The van der Waals surface area contributed by atoms with E-state index in [9.17, 15) is 18.0 Å². The Hall–Kier alpha value is -3.50. The highest BCUT2D eigenvalue weighted by molar-refractivity contribution is 5.91. The highest BCUT2D eigenvalue weighted by atomic mass is 19.3. The van der Waals surface area contributed by atoms with Gasteiger partial charge in [-0.3, -0.25) is 4.79 Å². The number of nitrogens with zero attached hydrogens (tertiary/aromatic N) is 3. The molecule has 0 fully saturated rings. The molecule has 0 unspecified atom stereocenters. The molecule has 0 bridgehead atoms. The molecule has 0 atom stereocenters. The third kappa shape index (κ3) is 4.53. The zero-order chi connectivity index (χ0) is 19.3. The smallest absolute Gasteiger partial charge is 0.284 e. The summed E-state index contributed by atoms with van der Waals surface area (Å²) in [5, 5.41) is 7.07. The summed E-state index contributed by atoms with van der Waals surface area (Å²) in [6.07, 6.45) is -0.645. The molecule has 0 saturated carbocycles. The highest BCUT2D eigenvalue weighted by Gasteiger charge is 2.22. The number of allylic oxidation sites excluding steroid dienone is 2. The van der Waals surface area contributed by atoms with Gasteiger partial charge in [0.05, 0.1) is 11.4 Å². The van der Waals surface area contributed by atoms with Crippen LogP contribution >= 0.6 is 0 Å². The number of nitrogens with two attached hydrogens (primary N) is 3. The van der Waals surface area contributed by atoms with Gasteiger partial charge >= 0.3 is 0 Å². The molecule has 2 aromatic rings. The van der Waals surface area contributed by atoms with Gasteiger partial charge in [-0.05, 0) is 36.4 Å². The molecule has 0 aliphatic carbocycles. The molecular weight excluding hydrogens is 353 g/mol. The molecule has 0 saturated heterocycles. The second-order valence-corrected chi connectivity index (χ2v) is 4.95. The lowest BCUT2D eigenvalue weighted by molar-refractivity contribution is -0.114. The van der Waals surface area contributed by atoms with Crippen LogP contribution in [0.2, 0.25) is 0 Å². The van der Waals surface area contributed by atoms with E-state index in [1.54, 1.807) is 0 Å². The highest BCUT2D eigenvalue weighted by Crippen LogP contribution is 2.23. The van der Waals surface area contributed by atoms with Crippen LogP contribution in [-0.2, 0) is 16.1 Å². The molecule has 11 heteroatoms. The monoisotopic (exact) mass is 368 g/mol. The molecule has 2 rings (SSSR count). The zero-order valence-electron chi connectivity index (χ0n) is 13.3. The van der Waals surface area contributed by atoms with Crippen LogP contribution in [0.5, 0.6) is 0 Å². The van der Waals surface area contributed by atoms with Crippen molar-refractivity contribution in [2.24, 2.45) is 17.2 Å². The van der Waals surface area contributed by atoms with Gasteiger partial charge in [-0.25, -0.2) is 17.9 Å². The number of halogens is 3. The second-order valence-electron chi connectivity index (χ2n) is 4.95. The molecular formula is C15H15F3N6O2. The summed E-state index contributed by atoms with van der Waals surface area (Å²) in [5.41, 5.74) is 15.2. The maximum atomic E-state index is 13.1. The minimum absolute atomic E-state index is 0.0742. The lowest BCUT2D eigenvalue weighted by Crippen LogP contribution is -2.19. The van der Waals surface area contributed by atoms with Crippen LogP contribution in [0.4, 0.5) is 13.2 Å². The van der Waals surface area contributed by atoms with Crippen molar-refractivity contribution >= 4 is 5.91 Å². The third-order valence-electron chi connectivity index (χ3n) is 3.16. The van der Waals surface area contributed by atoms with E-state index in [1.165, 1.54) is 12.1 Å². The second kappa shape index (κ2) is 8.05. The van der Waals surface area contributed by atoms with Gasteiger partial charge in [0.1, 0.15) is 18.1 Å². The fourth-order valence-electron chi connectivity index (χ4n) is 1.86. The van der Waals surface area contributed by atoms with Gasteiger partial charge in [-0.1, -0.05) is 5.21 Å². The molecule has 1 aromatic carbocycles. The van der Waals surface area contributed by atoms with Crippen LogP contribution in [0.25, 0.3) is 5.69 Å². The van der Waals surface area contributed by atoms with Crippen LogP contribution in [0.1, 0.15) is 17.8 Å². The number of aromatic nitrogens is 3. The molecule has 0 spiro atoms. The Kier molecular flexibility index (Phi) is 5.83. The third-order valence-corrected chi connectivity index (χ3v) is 3.16. The SMILES string of the molecule is NC(=O)C(N)=CC=C(N)OCc1c(C(F)F)nnn1-c1ccc(F)cc1. The van der Waals surface area contributed by atoms with Crippen molar-refractivity contribution in [1.82, 2.24) is 15.0 Å². The van der Waals surface area contributed by atoms with E-state index in [2.05, 4.69) is 10.3 Å². The lowest BCUT2D eigenvalue weighted by atomic mass is 10.3. The van der Waals surface area contributed by atoms with Crippen molar-refractivity contribution in [3.05, 3.63) is 65.2 Å². The van der Waals surface area contributed by atoms with Gasteiger partial charge in [0.2, 0.25) is 0 Å². The number of amides is 1. The van der Waals surface area contributed by atoms with Gasteiger partial charge in [-0.15, -0.1) is 5.10 Å². The Bertz CT molecular complexity index is 846. The van der Waals surface area contributed by atoms with E-state index in [-0.39, 0.29) is 17.3 Å². The van der Waals surface area contributed by atoms with E-state index < -0.39 is 30.5 Å². The van der Waals surface area contributed by atoms with Crippen molar-refractivity contribution in [3.63, 3.8) is 0 Å². The van der Waals surface area contributed by atoms with Crippen molar-refractivity contribution in [2.75, 3.05) is 0 Å². The Morgan fingerprint density at radius 2 is 1.85 bits per heavy atom. The van der Waals surface area contributed by atoms with Gasteiger partial charge in [0.15, 0.2) is 11.6 Å². The molecule has 0 aliphatic rings. The number of carbonyl (C=O) groups is 1. The van der Waals surface area contributed by atoms with Gasteiger partial charge in [-0.2, -0.15) is 0 Å². The maximum Gasteiger partial charge on any atom is 0.284 e. The summed E-state index contributed by atoms with van der Waals surface area (Å²) in [6, 6.07) is 4.99. The summed E-state index contributed by atoms with van der Waals surface area (Å²) >= 11 is 0. The summed E-state index contributed by atoms with van der Waals surface area (Å²) in [6.45, 7) is -0.406. The van der Waals surface area contributed by atoms with E-state index in [4.69, 9.17) is 21.9 Å². The number of primary amides is 1. The average Bonchev–Trinajstić information content (AvgIpc) is 3.02. The molecule has 0 radical (unpaired) electrons. The molecule has 1 aromatic heterocycles. The fraction of sp³-hybridized carbons (Fsp3) is 0.133. The number of hydrogen-bond acceptors (Lipinski definition) is 6. The van der Waals surface area contributed by atoms with Crippen LogP contribution in [0.3, 0.4) is 0 Å². The van der Waals surface area contributed by atoms with Crippen molar-refractivity contribution in [3.8, 4) is 5.69 Å². The normalized spacial score (nSPS) is 12.5. The largest absolute Gasteiger partial charge is 0.473 e. The van der Waals surface area contributed by atoms with E-state index in [0.717, 1.165) is 29.0 Å². The summed E-state index contributed by atoms with van der Waals surface area (Å²) in [7, 11) is 0. The summed E-state index contributed by atoms with van der Waals surface area (Å²) < 4.78 is 45.6. The first-order valence-electron chi connectivity index (χ1n) is 7.13.